The Hall–Kier alpha value is -2.86. The van der Waals surface area contributed by atoms with Crippen molar-refractivity contribution < 1.29 is 14.3 Å². The van der Waals surface area contributed by atoms with Crippen LogP contribution in [0.4, 0.5) is 0 Å². The molecule has 0 aromatic heterocycles. The Morgan fingerprint density at radius 2 is 1.57 bits per heavy atom. The number of piperazine rings is 1. The summed E-state index contributed by atoms with van der Waals surface area (Å²) in [6.45, 7) is 7.10. The van der Waals surface area contributed by atoms with Crippen LogP contribution in [0.3, 0.4) is 0 Å². The molecule has 0 radical (unpaired) electrons. The molecule has 6 heteroatoms. The van der Waals surface area contributed by atoms with Gasteiger partial charge in [-0.2, -0.15) is 0 Å². The molecular formula is C24H29N3O3. The molecule has 30 heavy (non-hydrogen) atoms. The van der Waals surface area contributed by atoms with Gasteiger partial charge in [0.05, 0.1) is 12.5 Å². The molecule has 2 aliphatic rings. The van der Waals surface area contributed by atoms with Gasteiger partial charge in [0.15, 0.2) is 0 Å². The molecule has 2 aromatic carbocycles. The van der Waals surface area contributed by atoms with Crippen LogP contribution in [0.15, 0.2) is 48.5 Å². The molecule has 2 aromatic rings. The largest absolute Gasteiger partial charge is 0.457 e. The third kappa shape index (κ3) is 4.19. The minimum Gasteiger partial charge on any atom is -0.457 e. The van der Waals surface area contributed by atoms with Crippen molar-refractivity contribution in [1.29, 1.82) is 0 Å². The number of amides is 2. The summed E-state index contributed by atoms with van der Waals surface area (Å²) >= 11 is 0. The van der Waals surface area contributed by atoms with Gasteiger partial charge in [-0.3, -0.25) is 14.5 Å². The molecular weight excluding hydrogens is 378 g/mol. The van der Waals surface area contributed by atoms with E-state index in [9.17, 15) is 9.59 Å². The quantitative estimate of drug-likeness (QED) is 0.828. The van der Waals surface area contributed by atoms with E-state index in [1.807, 2.05) is 60.4 Å². The van der Waals surface area contributed by atoms with E-state index >= 15 is 0 Å². The van der Waals surface area contributed by atoms with E-state index in [1.54, 1.807) is 0 Å². The van der Waals surface area contributed by atoms with Crippen LogP contribution in [0.25, 0.3) is 0 Å². The van der Waals surface area contributed by atoms with E-state index in [0.717, 1.165) is 29.0 Å². The lowest BCUT2D eigenvalue weighted by atomic mass is 9.86. The first-order valence-electron chi connectivity index (χ1n) is 10.7. The van der Waals surface area contributed by atoms with Crippen LogP contribution in [-0.4, -0.2) is 60.4 Å². The maximum absolute atomic E-state index is 13.6. The van der Waals surface area contributed by atoms with E-state index < -0.39 is 0 Å². The molecule has 1 unspecified atom stereocenters. The number of carbonyl (C=O) groups excluding carboxylic acids is 2. The fraction of sp³-hybridized carbons (Fsp3) is 0.417. The van der Waals surface area contributed by atoms with Gasteiger partial charge in [0.1, 0.15) is 11.5 Å². The van der Waals surface area contributed by atoms with Gasteiger partial charge < -0.3 is 15.0 Å². The number of nitrogens with zero attached hydrogens (tertiary/aromatic N) is 2. The van der Waals surface area contributed by atoms with Gasteiger partial charge in [-0.25, -0.2) is 0 Å². The molecule has 1 atom stereocenters. The highest BCUT2D eigenvalue weighted by atomic mass is 16.5. The van der Waals surface area contributed by atoms with Crippen molar-refractivity contribution in [2.75, 3.05) is 32.7 Å². The monoisotopic (exact) mass is 407 g/mol. The van der Waals surface area contributed by atoms with Crippen LogP contribution >= 0.6 is 0 Å². The molecule has 0 spiro atoms. The molecule has 2 amide bonds. The number of nitrogens with one attached hydrogen (secondary N) is 1. The summed E-state index contributed by atoms with van der Waals surface area (Å²) in [5.41, 5.74) is 1.83. The second kappa shape index (κ2) is 8.88. The summed E-state index contributed by atoms with van der Waals surface area (Å²) in [5.74, 6) is 1.29. The fourth-order valence-electron chi connectivity index (χ4n) is 4.11. The number of hydrogen-bond donors (Lipinski definition) is 1. The molecule has 0 saturated carbocycles. The van der Waals surface area contributed by atoms with Crippen LogP contribution in [0.2, 0.25) is 0 Å². The number of rotatable bonds is 5. The second-order valence-electron chi connectivity index (χ2n) is 8.09. The van der Waals surface area contributed by atoms with Crippen LogP contribution in [-0.2, 0) is 9.59 Å². The number of benzene rings is 2. The van der Waals surface area contributed by atoms with Crippen molar-refractivity contribution >= 4 is 11.8 Å². The zero-order valence-electron chi connectivity index (χ0n) is 17.6. The van der Waals surface area contributed by atoms with Crippen molar-refractivity contribution in [3.8, 4) is 11.5 Å². The molecule has 1 N–H and O–H groups in total. The van der Waals surface area contributed by atoms with Gasteiger partial charge in [0, 0.05) is 43.3 Å². The lowest BCUT2D eigenvalue weighted by Gasteiger charge is -2.37. The lowest BCUT2D eigenvalue weighted by molar-refractivity contribution is -0.134. The average molecular weight is 408 g/mol. The maximum atomic E-state index is 13.6. The van der Waals surface area contributed by atoms with Gasteiger partial charge >= 0.3 is 0 Å². The fourth-order valence-corrected chi connectivity index (χ4v) is 4.11. The zero-order valence-corrected chi connectivity index (χ0v) is 17.6. The van der Waals surface area contributed by atoms with Crippen LogP contribution in [0.5, 0.6) is 11.5 Å². The molecule has 2 heterocycles. The molecule has 1 fully saturated rings. The number of hydrogen-bond acceptors (Lipinski definition) is 4. The predicted molar refractivity (Wildman–Crippen MR) is 116 cm³/mol. The Labute approximate surface area is 177 Å². The number of para-hydroxylation sites is 2. The standard InChI is InChI=1S/C24H29N3O3/c1-3-17(2)25-22(28)16-26-12-14-27(15-13-26)24(29)23-18-8-4-6-10-20(18)30-21-11-7-5-9-19(21)23/h4-11,17,23H,3,12-16H2,1-2H3,(H,25,28). The summed E-state index contributed by atoms with van der Waals surface area (Å²) in [4.78, 5) is 29.8. The third-order valence-electron chi connectivity index (χ3n) is 6.00. The number of ether oxygens (including phenoxy) is 1. The van der Waals surface area contributed by atoms with Gasteiger partial charge in [-0.15, -0.1) is 0 Å². The van der Waals surface area contributed by atoms with E-state index in [1.165, 1.54) is 0 Å². The molecule has 2 aliphatic heterocycles. The Balaban J connectivity index is 1.45. The number of carbonyl (C=O) groups is 2. The summed E-state index contributed by atoms with van der Waals surface area (Å²) < 4.78 is 6.02. The summed E-state index contributed by atoms with van der Waals surface area (Å²) in [5, 5.41) is 3.01. The van der Waals surface area contributed by atoms with Gasteiger partial charge in [0.2, 0.25) is 11.8 Å². The van der Waals surface area contributed by atoms with E-state index in [2.05, 4.69) is 17.1 Å². The molecule has 6 nitrogen and oxygen atoms in total. The van der Waals surface area contributed by atoms with Crippen LogP contribution < -0.4 is 10.1 Å². The summed E-state index contributed by atoms with van der Waals surface area (Å²) in [6.07, 6.45) is 0.919. The highest BCUT2D eigenvalue weighted by molar-refractivity contribution is 5.90. The third-order valence-corrected chi connectivity index (χ3v) is 6.00. The Morgan fingerprint density at radius 1 is 1.00 bits per heavy atom. The van der Waals surface area contributed by atoms with Gasteiger partial charge in [0.25, 0.3) is 0 Å². The number of fused-ring (bicyclic) bond motifs is 2. The topological polar surface area (TPSA) is 61.9 Å². The van der Waals surface area contributed by atoms with E-state index in [-0.39, 0.29) is 23.8 Å². The summed E-state index contributed by atoms with van der Waals surface area (Å²) in [6, 6.07) is 15.7. The first kappa shape index (κ1) is 20.4. The minimum absolute atomic E-state index is 0.0522. The van der Waals surface area contributed by atoms with Gasteiger partial charge in [-0.05, 0) is 25.5 Å². The second-order valence-corrected chi connectivity index (χ2v) is 8.09. The average Bonchev–Trinajstić information content (AvgIpc) is 2.77. The first-order valence-corrected chi connectivity index (χ1v) is 10.7. The Kier molecular flexibility index (Phi) is 6.04. The smallest absolute Gasteiger partial charge is 0.234 e. The molecule has 4 rings (SSSR count). The highest BCUT2D eigenvalue weighted by Crippen LogP contribution is 2.44. The molecule has 158 valence electrons. The van der Waals surface area contributed by atoms with Crippen molar-refractivity contribution in [2.45, 2.75) is 32.2 Å². The molecule has 1 saturated heterocycles. The van der Waals surface area contributed by atoms with Crippen molar-refractivity contribution in [3.05, 3.63) is 59.7 Å². The van der Waals surface area contributed by atoms with E-state index in [0.29, 0.717) is 32.7 Å². The van der Waals surface area contributed by atoms with Crippen molar-refractivity contribution in [2.24, 2.45) is 0 Å². The normalized spacial score (nSPS) is 17.5. The van der Waals surface area contributed by atoms with Crippen molar-refractivity contribution in [3.63, 3.8) is 0 Å². The molecule has 0 bridgehead atoms. The maximum Gasteiger partial charge on any atom is 0.234 e. The van der Waals surface area contributed by atoms with Gasteiger partial charge in [-0.1, -0.05) is 43.3 Å². The first-order chi connectivity index (χ1) is 14.6. The molecule has 0 aliphatic carbocycles. The van der Waals surface area contributed by atoms with E-state index in [4.69, 9.17) is 4.74 Å². The SMILES string of the molecule is CCC(C)NC(=O)CN1CCN(C(=O)C2c3ccccc3Oc3ccccc32)CC1. The predicted octanol–water partition coefficient (Wildman–Crippen LogP) is 2.98. The van der Waals surface area contributed by atoms with Crippen molar-refractivity contribution in [1.82, 2.24) is 15.1 Å². The van der Waals surface area contributed by atoms with Crippen LogP contribution in [0, 0.1) is 0 Å². The zero-order chi connectivity index (χ0) is 21.1. The highest BCUT2D eigenvalue weighted by Gasteiger charge is 2.36. The minimum atomic E-state index is -0.355. The lowest BCUT2D eigenvalue weighted by Crippen LogP contribution is -2.52. The van der Waals surface area contributed by atoms with Crippen LogP contribution in [0.1, 0.15) is 37.3 Å². The Bertz CT molecular complexity index is 876. The summed E-state index contributed by atoms with van der Waals surface area (Å²) in [7, 11) is 0. The Morgan fingerprint density at radius 3 is 2.13 bits per heavy atom.